The van der Waals surface area contributed by atoms with Crippen LogP contribution in [0, 0.1) is 5.41 Å². The van der Waals surface area contributed by atoms with Crippen molar-refractivity contribution in [1.82, 2.24) is 0 Å². The number of rotatable bonds is 3. The van der Waals surface area contributed by atoms with Crippen molar-refractivity contribution >= 4 is 6.21 Å². The Kier molecular flexibility index (Phi) is 4.17. The van der Waals surface area contributed by atoms with E-state index in [4.69, 9.17) is 5.41 Å². The van der Waals surface area contributed by atoms with Crippen LogP contribution in [0.1, 0.15) is 6.92 Å². The Morgan fingerprint density at radius 1 is 1.31 bits per heavy atom. The molecule has 0 unspecified atom stereocenters. The van der Waals surface area contributed by atoms with E-state index in [2.05, 4.69) is 6.58 Å². The number of halogens is 3. The van der Waals surface area contributed by atoms with Gasteiger partial charge in [0.15, 0.2) is 0 Å². The Bertz CT molecular complexity index is 249. The molecular formula is C9H10F3N. The van der Waals surface area contributed by atoms with Crippen LogP contribution in [-0.2, 0) is 0 Å². The SMILES string of the molecule is C=C/C(C=N)=C\C=C(/C)C(F)(F)F. The zero-order valence-corrected chi connectivity index (χ0v) is 7.15. The summed E-state index contributed by atoms with van der Waals surface area (Å²) in [7, 11) is 0. The summed E-state index contributed by atoms with van der Waals surface area (Å²) < 4.78 is 35.8. The molecule has 4 heteroatoms. The first-order valence-electron chi connectivity index (χ1n) is 3.50. The highest BCUT2D eigenvalue weighted by molar-refractivity contribution is 5.79. The summed E-state index contributed by atoms with van der Waals surface area (Å²) in [5.41, 5.74) is -0.364. The maximum atomic E-state index is 11.9. The quantitative estimate of drug-likeness (QED) is 0.520. The van der Waals surface area contributed by atoms with Gasteiger partial charge in [0, 0.05) is 11.8 Å². The highest BCUT2D eigenvalue weighted by Crippen LogP contribution is 2.24. The second-order valence-electron chi connectivity index (χ2n) is 2.36. The van der Waals surface area contributed by atoms with E-state index in [9.17, 15) is 13.2 Å². The van der Waals surface area contributed by atoms with Gasteiger partial charge in [-0.05, 0) is 12.5 Å². The fourth-order valence-electron chi connectivity index (χ4n) is 0.491. The second-order valence-corrected chi connectivity index (χ2v) is 2.36. The van der Waals surface area contributed by atoms with E-state index in [1.807, 2.05) is 0 Å². The first-order valence-corrected chi connectivity index (χ1v) is 3.50. The van der Waals surface area contributed by atoms with Gasteiger partial charge in [0.2, 0.25) is 0 Å². The first-order chi connectivity index (χ1) is 5.91. The molecule has 0 aliphatic rings. The summed E-state index contributed by atoms with van der Waals surface area (Å²) in [5, 5.41) is 6.79. The third kappa shape index (κ3) is 4.30. The largest absolute Gasteiger partial charge is 0.412 e. The van der Waals surface area contributed by atoms with E-state index in [1.165, 1.54) is 12.2 Å². The van der Waals surface area contributed by atoms with Gasteiger partial charge in [-0.15, -0.1) is 0 Å². The van der Waals surface area contributed by atoms with Crippen LogP contribution in [0.15, 0.2) is 36.0 Å². The highest BCUT2D eigenvalue weighted by Gasteiger charge is 2.29. The molecule has 0 aromatic rings. The molecule has 0 rings (SSSR count). The van der Waals surface area contributed by atoms with E-state index in [-0.39, 0.29) is 0 Å². The number of allylic oxidation sites excluding steroid dienone is 5. The van der Waals surface area contributed by atoms with Gasteiger partial charge in [0.05, 0.1) is 0 Å². The summed E-state index contributed by atoms with van der Waals surface area (Å²) >= 11 is 0. The Labute approximate surface area is 74.8 Å². The van der Waals surface area contributed by atoms with E-state index in [1.54, 1.807) is 0 Å². The molecule has 0 heterocycles. The molecule has 0 saturated heterocycles. The standard InChI is InChI=1S/C9H10F3N/c1-3-8(6-13)5-4-7(2)9(10,11)12/h3-6,13H,1H2,2H3/b7-4+,8-5+,13-6?. The number of nitrogens with one attached hydrogen (secondary N) is 1. The topological polar surface area (TPSA) is 23.9 Å². The second kappa shape index (κ2) is 4.64. The summed E-state index contributed by atoms with van der Waals surface area (Å²) in [6.45, 7) is 4.32. The molecule has 1 N–H and O–H groups in total. The van der Waals surface area contributed by atoms with Crippen molar-refractivity contribution in [3.05, 3.63) is 36.0 Å². The lowest BCUT2D eigenvalue weighted by molar-refractivity contribution is -0.0912. The van der Waals surface area contributed by atoms with E-state index in [0.29, 0.717) is 5.57 Å². The minimum Gasteiger partial charge on any atom is -0.308 e. The minimum absolute atomic E-state index is 0.337. The predicted octanol–water partition coefficient (Wildman–Crippen LogP) is 3.26. The molecule has 0 aromatic heterocycles. The van der Waals surface area contributed by atoms with Gasteiger partial charge >= 0.3 is 6.18 Å². The van der Waals surface area contributed by atoms with Gasteiger partial charge in [-0.3, -0.25) is 0 Å². The molecule has 0 amide bonds. The summed E-state index contributed by atoms with van der Waals surface area (Å²) in [6.07, 6.45) is 0.0655. The van der Waals surface area contributed by atoms with Gasteiger partial charge in [0.1, 0.15) is 0 Å². The maximum absolute atomic E-state index is 11.9. The van der Waals surface area contributed by atoms with Crippen molar-refractivity contribution in [3.63, 3.8) is 0 Å². The lowest BCUT2D eigenvalue weighted by atomic mass is 10.2. The average molecular weight is 189 g/mol. The highest BCUT2D eigenvalue weighted by atomic mass is 19.4. The van der Waals surface area contributed by atoms with E-state index in [0.717, 1.165) is 19.2 Å². The molecule has 0 atom stereocenters. The minimum atomic E-state index is -4.30. The van der Waals surface area contributed by atoms with Gasteiger partial charge in [-0.1, -0.05) is 24.8 Å². The van der Waals surface area contributed by atoms with Crippen molar-refractivity contribution in [1.29, 1.82) is 5.41 Å². The van der Waals surface area contributed by atoms with Crippen LogP contribution in [-0.4, -0.2) is 12.4 Å². The van der Waals surface area contributed by atoms with Crippen LogP contribution in [0.25, 0.3) is 0 Å². The van der Waals surface area contributed by atoms with E-state index < -0.39 is 11.7 Å². The lowest BCUT2D eigenvalue weighted by Crippen LogP contribution is -2.08. The molecule has 13 heavy (non-hydrogen) atoms. The van der Waals surface area contributed by atoms with Crippen LogP contribution in [0.4, 0.5) is 13.2 Å². The third-order valence-electron chi connectivity index (χ3n) is 1.38. The Morgan fingerprint density at radius 3 is 2.15 bits per heavy atom. The molecule has 0 aromatic carbocycles. The van der Waals surface area contributed by atoms with E-state index >= 15 is 0 Å². The summed E-state index contributed by atoms with van der Waals surface area (Å²) in [4.78, 5) is 0. The molecule has 0 aliphatic carbocycles. The van der Waals surface area contributed by atoms with Crippen LogP contribution in [0.5, 0.6) is 0 Å². The Balaban J connectivity index is 4.68. The molecule has 0 fully saturated rings. The first kappa shape index (κ1) is 11.7. The molecule has 1 nitrogen and oxygen atoms in total. The van der Waals surface area contributed by atoms with Crippen molar-refractivity contribution < 1.29 is 13.2 Å². The molecule has 0 radical (unpaired) electrons. The Hall–Kier alpha value is -1.32. The normalized spacial score (nSPS) is 14.2. The maximum Gasteiger partial charge on any atom is 0.412 e. The average Bonchev–Trinajstić information content (AvgIpc) is 2.04. The molecule has 0 bridgehead atoms. The van der Waals surface area contributed by atoms with Gasteiger partial charge in [-0.25, -0.2) is 0 Å². The van der Waals surface area contributed by atoms with Crippen LogP contribution < -0.4 is 0 Å². The fourth-order valence-corrected chi connectivity index (χ4v) is 0.491. The summed E-state index contributed by atoms with van der Waals surface area (Å²) in [6, 6.07) is 0. The number of hydrogen-bond acceptors (Lipinski definition) is 1. The molecule has 0 saturated carbocycles. The smallest absolute Gasteiger partial charge is 0.308 e. The van der Waals surface area contributed by atoms with Gasteiger partial charge in [0.25, 0.3) is 0 Å². The monoisotopic (exact) mass is 189 g/mol. The van der Waals surface area contributed by atoms with Crippen molar-refractivity contribution in [2.45, 2.75) is 13.1 Å². The molecule has 0 aliphatic heterocycles. The van der Waals surface area contributed by atoms with Crippen LogP contribution in [0.2, 0.25) is 0 Å². The van der Waals surface area contributed by atoms with Gasteiger partial charge in [-0.2, -0.15) is 13.2 Å². The van der Waals surface area contributed by atoms with Crippen LogP contribution >= 0.6 is 0 Å². The fraction of sp³-hybridized carbons (Fsp3) is 0.222. The molecule has 0 spiro atoms. The molecular weight excluding hydrogens is 179 g/mol. The zero-order chi connectivity index (χ0) is 10.5. The van der Waals surface area contributed by atoms with Crippen LogP contribution in [0.3, 0.4) is 0 Å². The van der Waals surface area contributed by atoms with Gasteiger partial charge < -0.3 is 5.41 Å². The lowest BCUT2D eigenvalue weighted by Gasteiger charge is -2.04. The van der Waals surface area contributed by atoms with Crippen molar-refractivity contribution in [2.75, 3.05) is 0 Å². The third-order valence-corrected chi connectivity index (χ3v) is 1.38. The predicted molar refractivity (Wildman–Crippen MR) is 46.9 cm³/mol. The van der Waals surface area contributed by atoms with Crippen molar-refractivity contribution in [3.8, 4) is 0 Å². The zero-order valence-electron chi connectivity index (χ0n) is 7.15. The summed E-state index contributed by atoms with van der Waals surface area (Å²) in [5.74, 6) is 0. The number of hydrogen-bond donors (Lipinski definition) is 1. The number of alkyl halides is 3. The Morgan fingerprint density at radius 2 is 1.85 bits per heavy atom. The van der Waals surface area contributed by atoms with Crippen molar-refractivity contribution in [2.24, 2.45) is 0 Å². The molecule has 72 valence electrons.